The summed E-state index contributed by atoms with van der Waals surface area (Å²) < 4.78 is 43.5. The van der Waals surface area contributed by atoms with E-state index in [0.29, 0.717) is 33.6 Å². The molecular weight excluding hydrogens is 468 g/mol. The summed E-state index contributed by atoms with van der Waals surface area (Å²) in [6, 6.07) is 17.3. The summed E-state index contributed by atoms with van der Waals surface area (Å²) in [5.41, 5.74) is 0.628. The van der Waals surface area contributed by atoms with Crippen LogP contribution in [0.25, 0.3) is 0 Å². The molecule has 0 aliphatic carbocycles. The lowest BCUT2D eigenvalue weighted by Gasteiger charge is -2.24. The van der Waals surface area contributed by atoms with Gasteiger partial charge in [0.15, 0.2) is 0 Å². The van der Waals surface area contributed by atoms with Crippen molar-refractivity contribution in [3.63, 3.8) is 0 Å². The second kappa shape index (κ2) is 10.5. The van der Waals surface area contributed by atoms with Gasteiger partial charge in [-0.25, -0.2) is 8.42 Å². The molecule has 8 nitrogen and oxygen atoms in total. The Morgan fingerprint density at radius 1 is 0.909 bits per heavy atom. The molecule has 0 aromatic heterocycles. The third-order valence-corrected chi connectivity index (χ3v) is 6.81. The van der Waals surface area contributed by atoms with Gasteiger partial charge in [-0.1, -0.05) is 29.8 Å². The van der Waals surface area contributed by atoms with Crippen LogP contribution in [0.3, 0.4) is 0 Å². The average molecular weight is 491 g/mol. The number of hydrogen-bond acceptors (Lipinski definition) is 6. The zero-order chi connectivity index (χ0) is 24.0. The number of nitrogens with one attached hydrogen (secondary N) is 1. The molecule has 0 spiro atoms. The SMILES string of the molecule is COc1ccc(S(=O)(=O)N(CC(=O)Nc2cc(OC)c(Cl)cc2OC)c2ccccc2)cc1. The maximum Gasteiger partial charge on any atom is 0.264 e. The summed E-state index contributed by atoms with van der Waals surface area (Å²) in [4.78, 5) is 13.0. The first kappa shape index (κ1) is 24.2. The molecule has 1 N–H and O–H groups in total. The maximum absolute atomic E-state index is 13.4. The third-order valence-electron chi connectivity index (χ3n) is 4.73. The fraction of sp³-hybridized carbons (Fsp3) is 0.174. The van der Waals surface area contributed by atoms with Crippen molar-refractivity contribution in [1.82, 2.24) is 0 Å². The van der Waals surface area contributed by atoms with Crippen molar-refractivity contribution in [3.8, 4) is 17.2 Å². The Morgan fingerprint density at radius 3 is 2.12 bits per heavy atom. The molecule has 0 unspecified atom stereocenters. The molecule has 10 heteroatoms. The predicted octanol–water partition coefficient (Wildman–Crippen LogP) is 4.20. The van der Waals surface area contributed by atoms with Gasteiger partial charge in [0.25, 0.3) is 10.0 Å². The van der Waals surface area contributed by atoms with E-state index in [-0.39, 0.29) is 4.90 Å². The van der Waals surface area contributed by atoms with E-state index in [1.165, 1.54) is 45.6 Å². The number of rotatable bonds is 9. The van der Waals surface area contributed by atoms with Crippen molar-refractivity contribution in [2.24, 2.45) is 0 Å². The highest BCUT2D eigenvalue weighted by atomic mass is 35.5. The Balaban J connectivity index is 1.94. The number of halogens is 1. The van der Waals surface area contributed by atoms with Crippen LogP contribution in [-0.4, -0.2) is 42.2 Å². The van der Waals surface area contributed by atoms with Crippen LogP contribution >= 0.6 is 11.6 Å². The van der Waals surface area contributed by atoms with Gasteiger partial charge < -0.3 is 19.5 Å². The fourth-order valence-corrected chi connectivity index (χ4v) is 4.71. The Labute approximate surface area is 197 Å². The lowest BCUT2D eigenvalue weighted by molar-refractivity contribution is -0.114. The van der Waals surface area contributed by atoms with E-state index < -0.39 is 22.5 Å². The lowest BCUT2D eigenvalue weighted by Crippen LogP contribution is -2.38. The number of carbonyl (C=O) groups is 1. The fourth-order valence-electron chi connectivity index (χ4n) is 3.06. The summed E-state index contributed by atoms with van der Waals surface area (Å²) in [5, 5.41) is 2.98. The number of hydrogen-bond donors (Lipinski definition) is 1. The number of benzene rings is 3. The first-order chi connectivity index (χ1) is 15.8. The van der Waals surface area contributed by atoms with Crippen LogP contribution in [0.15, 0.2) is 71.6 Å². The van der Waals surface area contributed by atoms with E-state index in [4.69, 9.17) is 25.8 Å². The maximum atomic E-state index is 13.4. The van der Waals surface area contributed by atoms with Gasteiger partial charge in [0.1, 0.15) is 23.8 Å². The van der Waals surface area contributed by atoms with Gasteiger partial charge in [0.05, 0.1) is 42.6 Å². The molecular formula is C23H23ClN2O6S. The van der Waals surface area contributed by atoms with Gasteiger partial charge in [-0.15, -0.1) is 0 Å². The number of carbonyl (C=O) groups excluding carboxylic acids is 1. The van der Waals surface area contributed by atoms with Crippen molar-refractivity contribution in [2.45, 2.75) is 4.90 Å². The molecule has 0 radical (unpaired) electrons. The minimum Gasteiger partial charge on any atom is -0.497 e. The molecule has 0 fully saturated rings. The number of para-hydroxylation sites is 1. The minimum absolute atomic E-state index is 0.0192. The third kappa shape index (κ3) is 5.50. The van der Waals surface area contributed by atoms with Crippen LogP contribution in [0.5, 0.6) is 17.2 Å². The van der Waals surface area contributed by atoms with Crippen LogP contribution in [0, 0.1) is 0 Å². The Kier molecular flexibility index (Phi) is 7.67. The van der Waals surface area contributed by atoms with Gasteiger partial charge in [-0.2, -0.15) is 0 Å². The highest BCUT2D eigenvalue weighted by Gasteiger charge is 2.27. The number of anilines is 2. The molecule has 0 saturated carbocycles. The van der Waals surface area contributed by atoms with Gasteiger partial charge in [0, 0.05) is 12.1 Å². The average Bonchev–Trinajstić information content (AvgIpc) is 2.83. The summed E-state index contributed by atoms with van der Waals surface area (Å²) in [7, 11) is 0.300. The molecule has 0 saturated heterocycles. The Bertz CT molecular complexity index is 1220. The minimum atomic E-state index is -4.06. The molecule has 0 bridgehead atoms. The second-order valence-electron chi connectivity index (χ2n) is 6.76. The molecule has 0 atom stereocenters. The molecule has 33 heavy (non-hydrogen) atoms. The van der Waals surface area contributed by atoms with E-state index in [0.717, 1.165) is 4.31 Å². The molecule has 3 rings (SSSR count). The standard InChI is InChI=1S/C23H23ClN2O6S/c1-30-17-9-11-18(12-10-17)33(28,29)26(16-7-5-4-6-8-16)15-23(27)25-20-14-21(31-2)19(24)13-22(20)32-3/h4-14H,15H2,1-3H3,(H,25,27). The molecule has 0 aliphatic rings. The molecule has 0 aliphatic heterocycles. The van der Waals surface area contributed by atoms with Crippen molar-refractivity contribution < 1.29 is 27.4 Å². The summed E-state index contributed by atoms with van der Waals surface area (Å²) in [6.45, 7) is -0.480. The first-order valence-corrected chi connectivity index (χ1v) is 11.5. The summed E-state index contributed by atoms with van der Waals surface area (Å²) in [5.74, 6) is 0.567. The van der Waals surface area contributed by atoms with Crippen molar-refractivity contribution in [2.75, 3.05) is 37.5 Å². The quantitative estimate of drug-likeness (QED) is 0.483. The van der Waals surface area contributed by atoms with E-state index >= 15 is 0 Å². The van der Waals surface area contributed by atoms with E-state index in [2.05, 4.69) is 5.32 Å². The predicted molar refractivity (Wildman–Crippen MR) is 127 cm³/mol. The van der Waals surface area contributed by atoms with Crippen LogP contribution in [0.4, 0.5) is 11.4 Å². The van der Waals surface area contributed by atoms with Gasteiger partial charge >= 0.3 is 0 Å². The molecule has 1 amide bonds. The molecule has 3 aromatic rings. The second-order valence-corrected chi connectivity index (χ2v) is 9.03. The van der Waals surface area contributed by atoms with Crippen LogP contribution < -0.4 is 23.8 Å². The van der Waals surface area contributed by atoms with Crippen LogP contribution in [0.1, 0.15) is 0 Å². The molecule has 174 valence electrons. The Hall–Kier alpha value is -3.43. The van der Waals surface area contributed by atoms with Crippen LogP contribution in [0.2, 0.25) is 5.02 Å². The smallest absolute Gasteiger partial charge is 0.264 e. The first-order valence-electron chi connectivity index (χ1n) is 9.73. The van der Waals surface area contributed by atoms with E-state index in [9.17, 15) is 13.2 Å². The zero-order valence-electron chi connectivity index (χ0n) is 18.2. The highest BCUT2D eigenvalue weighted by molar-refractivity contribution is 7.92. The van der Waals surface area contributed by atoms with Crippen molar-refractivity contribution >= 4 is 38.9 Å². The van der Waals surface area contributed by atoms with Gasteiger partial charge in [-0.3, -0.25) is 9.10 Å². The monoisotopic (exact) mass is 490 g/mol. The summed E-state index contributed by atoms with van der Waals surface area (Å²) in [6.07, 6.45) is 0. The zero-order valence-corrected chi connectivity index (χ0v) is 19.8. The highest BCUT2D eigenvalue weighted by Crippen LogP contribution is 2.36. The lowest BCUT2D eigenvalue weighted by atomic mass is 10.2. The molecule has 3 aromatic carbocycles. The van der Waals surface area contributed by atoms with Crippen molar-refractivity contribution in [3.05, 3.63) is 71.8 Å². The number of ether oxygens (including phenoxy) is 3. The van der Waals surface area contributed by atoms with Crippen molar-refractivity contribution in [1.29, 1.82) is 0 Å². The van der Waals surface area contributed by atoms with Gasteiger partial charge in [0.2, 0.25) is 5.91 Å². The number of methoxy groups -OCH3 is 3. The van der Waals surface area contributed by atoms with E-state index in [1.807, 2.05) is 0 Å². The summed E-state index contributed by atoms with van der Waals surface area (Å²) >= 11 is 6.12. The topological polar surface area (TPSA) is 94.2 Å². The molecule has 0 heterocycles. The van der Waals surface area contributed by atoms with Crippen LogP contribution in [-0.2, 0) is 14.8 Å². The van der Waals surface area contributed by atoms with E-state index in [1.54, 1.807) is 42.5 Å². The Morgan fingerprint density at radius 2 is 1.55 bits per heavy atom. The number of nitrogens with zero attached hydrogens (tertiary/aromatic N) is 1. The van der Waals surface area contributed by atoms with Gasteiger partial charge in [-0.05, 0) is 36.4 Å². The number of amides is 1. The normalized spacial score (nSPS) is 10.9. The number of sulfonamides is 1. The largest absolute Gasteiger partial charge is 0.497 e.